The van der Waals surface area contributed by atoms with Gasteiger partial charge in [0, 0.05) is 7.05 Å². The molecule has 0 amide bonds. The molecule has 1 aromatic rings. The van der Waals surface area contributed by atoms with Crippen LogP contribution in [0.3, 0.4) is 0 Å². The number of hydrogen-bond donors (Lipinski definition) is 2. The quantitative estimate of drug-likeness (QED) is 0.603. The van der Waals surface area contributed by atoms with Gasteiger partial charge in [-0.15, -0.1) is 0 Å². The van der Waals surface area contributed by atoms with E-state index in [4.69, 9.17) is 5.84 Å². The van der Waals surface area contributed by atoms with Crippen LogP contribution < -0.4 is 11.3 Å². The highest BCUT2D eigenvalue weighted by atomic mass is 15.3. The Hall–Kier alpha value is -0.870. The highest BCUT2D eigenvalue weighted by molar-refractivity contribution is 5.13. The summed E-state index contributed by atoms with van der Waals surface area (Å²) in [6.45, 7) is 2.02. The Balaban J connectivity index is 2.06. The van der Waals surface area contributed by atoms with Crippen LogP contribution in [0.4, 0.5) is 0 Å². The summed E-state index contributed by atoms with van der Waals surface area (Å²) < 4.78 is 1.94. The molecule has 0 spiro atoms. The van der Waals surface area contributed by atoms with Crippen molar-refractivity contribution >= 4 is 0 Å². The molecule has 16 heavy (non-hydrogen) atoms. The van der Waals surface area contributed by atoms with Crippen LogP contribution in [0.5, 0.6) is 0 Å². The van der Waals surface area contributed by atoms with E-state index in [0.717, 1.165) is 18.0 Å². The lowest BCUT2D eigenvalue weighted by atomic mass is 9.97. The van der Waals surface area contributed by atoms with E-state index in [9.17, 15) is 0 Å². The summed E-state index contributed by atoms with van der Waals surface area (Å²) in [5.41, 5.74) is 5.20. The van der Waals surface area contributed by atoms with Crippen molar-refractivity contribution in [3.05, 3.63) is 17.5 Å². The van der Waals surface area contributed by atoms with E-state index in [-0.39, 0.29) is 6.04 Å². The Morgan fingerprint density at radius 2 is 2.25 bits per heavy atom. The van der Waals surface area contributed by atoms with Gasteiger partial charge in [-0.05, 0) is 25.3 Å². The summed E-state index contributed by atoms with van der Waals surface area (Å²) in [4.78, 5) is 0. The zero-order valence-corrected chi connectivity index (χ0v) is 10.2. The zero-order chi connectivity index (χ0) is 11.5. The maximum Gasteiger partial charge on any atom is 0.0631 e. The van der Waals surface area contributed by atoms with Crippen molar-refractivity contribution in [1.29, 1.82) is 0 Å². The minimum absolute atomic E-state index is 0.245. The second kappa shape index (κ2) is 4.97. The first kappa shape index (κ1) is 11.6. The fraction of sp³-hybridized carbons (Fsp3) is 0.750. The second-order valence-electron chi connectivity index (χ2n) is 4.94. The number of nitrogens with zero attached hydrogens (tertiary/aromatic N) is 2. The van der Waals surface area contributed by atoms with Crippen molar-refractivity contribution in [2.24, 2.45) is 18.8 Å². The number of nitrogens with one attached hydrogen (secondary N) is 1. The molecule has 90 valence electrons. The first-order valence-electron chi connectivity index (χ1n) is 6.17. The molecule has 1 unspecified atom stereocenters. The number of hydrogen-bond acceptors (Lipinski definition) is 3. The number of aryl methyl sites for hydroxylation is 2. The molecule has 0 aromatic carbocycles. The lowest BCUT2D eigenvalue weighted by Gasteiger charge is -2.19. The molecule has 1 aliphatic rings. The van der Waals surface area contributed by atoms with Crippen LogP contribution in [0.15, 0.2) is 6.07 Å². The Bertz CT molecular complexity index is 339. The van der Waals surface area contributed by atoms with Crippen LogP contribution in [0, 0.1) is 12.8 Å². The monoisotopic (exact) mass is 222 g/mol. The minimum Gasteiger partial charge on any atom is -0.271 e. The van der Waals surface area contributed by atoms with Gasteiger partial charge in [0.05, 0.1) is 17.4 Å². The maximum atomic E-state index is 5.67. The topological polar surface area (TPSA) is 55.9 Å². The molecule has 0 radical (unpaired) electrons. The molecular weight excluding hydrogens is 200 g/mol. The van der Waals surface area contributed by atoms with Gasteiger partial charge in [-0.1, -0.05) is 25.7 Å². The third-order valence-electron chi connectivity index (χ3n) is 3.64. The molecule has 2 rings (SSSR count). The van der Waals surface area contributed by atoms with Gasteiger partial charge in [0.25, 0.3) is 0 Å². The van der Waals surface area contributed by atoms with E-state index in [1.54, 1.807) is 0 Å². The van der Waals surface area contributed by atoms with Crippen LogP contribution in [0.25, 0.3) is 0 Å². The molecule has 4 nitrogen and oxygen atoms in total. The SMILES string of the molecule is Cc1cc(C(CC2CCCC2)NN)n(C)n1. The molecule has 3 N–H and O–H groups in total. The Kier molecular flexibility index (Phi) is 3.61. The summed E-state index contributed by atoms with van der Waals surface area (Å²) in [7, 11) is 1.99. The van der Waals surface area contributed by atoms with Crippen LogP contribution in [0.1, 0.15) is 49.5 Å². The molecule has 0 saturated heterocycles. The third-order valence-corrected chi connectivity index (χ3v) is 3.64. The molecule has 1 aromatic heterocycles. The number of rotatable bonds is 4. The van der Waals surface area contributed by atoms with Crippen molar-refractivity contribution < 1.29 is 0 Å². The second-order valence-corrected chi connectivity index (χ2v) is 4.94. The Morgan fingerprint density at radius 1 is 1.56 bits per heavy atom. The normalized spacial score (nSPS) is 19.2. The van der Waals surface area contributed by atoms with Gasteiger partial charge in [-0.3, -0.25) is 16.0 Å². The van der Waals surface area contributed by atoms with Crippen molar-refractivity contribution in [3.63, 3.8) is 0 Å². The molecule has 1 atom stereocenters. The average molecular weight is 222 g/mol. The fourth-order valence-electron chi connectivity index (χ4n) is 2.81. The van der Waals surface area contributed by atoms with Crippen molar-refractivity contribution in [3.8, 4) is 0 Å². The molecule has 0 bridgehead atoms. The number of hydrazine groups is 1. The fourth-order valence-corrected chi connectivity index (χ4v) is 2.81. The summed E-state index contributed by atoms with van der Waals surface area (Å²) >= 11 is 0. The lowest BCUT2D eigenvalue weighted by molar-refractivity contribution is 0.385. The number of aromatic nitrogens is 2. The number of nitrogens with two attached hydrogens (primary N) is 1. The highest BCUT2D eigenvalue weighted by Gasteiger charge is 2.22. The van der Waals surface area contributed by atoms with Gasteiger partial charge in [0.1, 0.15) is 0 Å². The van der Waals surface area contributed by atoms with E-state index in [1.807, 2.05) is 18.7 Å². The van der Waals surface area contributed by atoms with Crippen LogP contribution in [0.2, 0.25) is 0 Å². The predicted molar refractivity (Wildman–Crippen MR) is 64.6 cm³/mol. The smallest absolute Gasteiger partial charge is 0.0631 e. The van der Waals surface area contributed by atoms with Gasteiger partial charge in [-0.25, -0.2) is 0 Å². The first-order chi connectivity index (χ1) is 7.70. The Morgan fingerprint density at radius 3 is 2.75 bits per heavy atom. The third kappa shape index (κ3) is 2.44. The van der Waals surface area contributed by atoms with E-state index in [0.29, 0.717) is 0 Å². The molecule has 1 heterocycles. The van der Waals surface area contributed by atoms with Gasteiger partial charge >= 0.3 is 0 Å². The molecule has 1 aliphatic carbocycles. The van der Waals surface area contributed by atoms with E-state index in [1.165, 1.54) is 31.4 Å². The molecule has 1 saturated carbocycles. The van der Waals surface area contributed by atoms with Crippen molar-refractivity contribution in [1.82, 2.24) is 15.2 Å². The lowest BCUT2D eigenvalue weighted by Crippen LogP contribution is -2.30. The first-order valence-corrected chi connectivity index (χ1v) is 6.17. The van der Waals surface area contributed by atoms with Gasteiger partial charge in [0.2, 0.25) is 0 Å². The van der Waals surface area contributed by atoms with Crippen LogP contribution in [-0.2, 0) is 7.05 Å². The van der Waals surface area contributed by atoms with Crippen molar-refractivity contribution in [2.75, 3.05) is 0 Å². The Labute approximate surface area is 97.2 Å². The van der Waals surface area contributed by atoms with Crippen LogP contribution >= 0.6 is 0 Å². The van der Waals surface area contributed by atoms with Gasteiger partial charge < -0.3 is 0 Å². The highest BCUT2D eigenvalue weighted by Crippen LogP contribution is 2.32. The predicted octanol–water partition coefficient (Wildman–Crippen LogP) is 1.81. The zero-order valence-electron chi connectivity index (χ0n) is 10.2. The van der Waals surface area contributed by atoms with Gasteiger partial charge in [-0.2, -0.15) is 5.10 Å². The van der Waals surface area contributed by atoms with Crippen LogP contribution in [-0.4, -0.2) is 9.78 Å². The average Bonchev–Trinajstić information content (AvgIpc) is 2.85. The standard InChI is InChI=1S/C12H22N4/c1-9-7-12(16(2)15-9)11(14-13)8-10-5-3-4-6-10/h7,10-11,14H,3-6,8,13H2,1-2H3. The minimum atomic E-state index is 0.245. The maximum absolute atomic E-state index is 5.67. The summed E-state index contributed by atoms with van der Waals surface area (Å²) in [5.74, 6) is 6.50. The summed E-state index contributed by atoms with van der Waals surface area (Å²) in [5, 5.41) is 4.38. The van der Waals surface area contributed by atoms with Gasteiger partial charge in [0.15, 0.2) is 0 Å². The molecule has 0 aliphatic heterocycles. The molecular formula is C12H22N4. The van der Waals surface area contributed by atoms with E-state index >= 15 is 0 Å². The largest absolute Gasteiger partial charge is 0.271 e. The van der Waals surface area contributed by atoms with Crippen molar-refractivity contribution in [2.45, 2.75) is 45.1 Å². The van der Waals surface area contributed by atoms with E-state index in [2.05, 4.69) is 16.6 Å². The molecule has 4 heteroatoms. The summed E-state index contributed by atoms with van der Waals surface area (Å²) in [6, 6.07) is 2.37. The molecule has 1 fully saturated rings. The summed E-state index contributed by atoms with van der Waals surface area (Å²) in [6.07, 6.45) is 6.61. The van der Waals surface area contributed by atoms with E-state index < -0.39 is 0 Å².